The third kappa shape index (κ3) is 5.02. The van der Waals surface area contributed by atoms with E-state index < -0.39 is 30.3 Å². The molecule has 4 N–H and O–H groups in total. The molecule has 11 nitrogen and oxygen atoms in total. The van der Waals surface area contributed by atoms with Crippen molar-refractivity contribution in [1.29, 1.82) is 0 Å². The predicted octanol–water partition coefficient (Wildman–Crippen LogP) is 1.97. The number of primary amides is 1. The van der Waals surface area contributed by atoms with Gasteiger partial charge in [-0.15, -0.1) is 0 Å². The number of aryl methyl sites for hydroxylation is 2. The second-order valence-corrected chi connectivity index (χ2v) is 9.32. The first-order valence-electron chi connectivity index (χ1n) is 12.1. The molecule has 1 fully saturated rings. The summed E-state index contributed by atoms with van der Waals surface area (Å²) in [6.45, 7) is 3.16. The molecule has 1 aliphatic heterocycles. The van der Waals surface area contributed by atoms with Crippen LogP contribution in [-0.2, 0) is 11.3 Å². The smallest absolute Gasteiger partial charge is 0.269 e. The van der Waals surface area contributed by atoms with Crippen LogP contribution in [0.3, 0.4) is 0 Å². The number of pyridine rings is 1. The Morgan fingerprint density at radius 2 is 1.95 bits per heavy atom. The third-order valence-electron chi connectivity index (χ3n) is 6.54. The van der Waals surface area contributed by atoms with E-state index in [1.54, 1.807) is 43.6 Å². The molecular formula is C26H27FN8O3. The van der Waals surface area contributed by atoms with Crippen LogP contribution in [0.4, 0.5) is 10.2 Å². The van der Waals surface area contributed by atoms with E-state index in [4.69, 9.17) is 5.73 Å². The molecule has 1 saturated heterocycles. The van der Waals surface area contributed by atoms with E-state index >= 15 is 0 Å². The van der Waals surface area contributed by atoms with Crippen molar-refractivity contribution in [2.45, 2.75) is 45.3 Å². The molecule has 196 valence electrons. The Balaban J connectivity index is 1.40. The maximum absolute atomic E-state index is 14.4. The summed E-state index contributed by atoms with van der Waals surface area (Å²) in [7, 11) is 0. The normalized spacial score (nSPS) is 18.1. The molecule has 0 aliphatic carbocycles. The Morgan fingerprint density at radius 3 is 2.66 bits per heavy atom. The van der Waals surface area contributed by atoms with Crippen LogP contribution in [0.1, 0.15) is 28.4 Å². The van der Waals surface area contributed by atoms with Gasteiger partial charge in [0.15, 0.2) is 5.69 Å². The maximum atomic E-state index is 14.4. The van der Waals surface area contributed by atoms with Gasteiger partial charge in [0, 0.05) is 35.5 Å². The average Bonchev–Trinajstić information content (AvgIpc) is 3.45. The largest absolute Gasteiger partial charge is 0.372 e. The molecule has 1 aliphatic rings. The molecule has 0 spiro atoms. The topological polar surface area (TPSA) is 152 Å². The van der Waals surface area contributed by atoms with Crippen molar-refractivity contribution in [3.8, 4) is 11.1 Å². The molecule has 4 aromatic rings. The molecule has 1 unspecified atom stereocenters. The van der Waals surface area contributed by atoms with Crippen molar-refractivity contribution >= 4 is 28.5 Å². The van der Waals surface area contributed by atoms with Crippen LogP contribution in [0.2, 0.25) is 0 Å². The number of nitrogens with zero attached hydrogens (tertiary/aromatic N) is 6. The summed E-state index contributed by atoms with van der Waals surface area (Å²) in [5.41, 5.74) is 8.36. The van der Waals surface area contributed by atoms with Gasteiger partial charge >= 0.3 is 0 Å². The van der Waals surface area contributed by atoms with E-state index in [2.05, 4.69) is 25.4 Å². The summed E-state index contributed by atoms with van der Waals surface area (Å²) in [6.07, 6.45) is 0.798. The highest BCUT2D eigenvalue weighted by atomic mass is 19.1. The standard InChI is InChI=1S/C26H27FN8O3/c1-14-4-3-5-22(31-14)32-26(38)21-9-18(27)12-34(21)23(36)13-35-20-7-6-16(17-10-29-15(2)30-11-17)8-19(20)24(33-35)25(28)37/h3-8,10-11,18,21,26,38H,9,12-13H2,1-2H3,(H2,28,37)(H,31,32)/t18-,21+,26?/m1/s1. The van der Waals surface area contributed by atoms with E-state index in [9.17, 15) is 19.1 Å². The number of carbonyl (C=O) groups is 2. The lowest BCUT2D eigenvalue weighted by molar-refractivity contribution is -0.134. The van der Waals surface area contributed by atoms with Gasteiger partial charge in [0.1, 0.15) is 30.6 Å². The highest BCUT2D eigenvalue weighted by Crippen LogP contribution is 2.28. The lowest BCUT2D eigenvalue weighted by Crippen LogP contribution is -2.47. The average molecular weight is 519 g/mol. The van der Waals surface area contributed by atoms with Crippen LogP contribution in [-0.4, -0.2) is 71.5 Å². The number of carbonyl (C=O) groups excluding carboxylic acids is 2. The van der Waals surface area contributed by atoms with Crippen molar-refractivity contribution < 1.29 is 19.1 Å². The van der Waals surface area contributed by atoms with Gasteiger partial charge in [-0.25, -0.2) is 19.3 Å². The highest BCUT2D eigenvalue weighted by molar-refractivity contribution is 6.05. The third-order valence-corrected chi connectivity index (χ3v) is 6.54. The maximum Gasteiger partial charge on any atom is 0.269 e. The zero-order chi connectivity index (χ0) is 27.0. The van der Waals surface area contributed by atoms with Crippen molar-refractivity contribution in [2.75, 3.05) is 11.9 Å². The quantitative estimate of drug-likeness (QED) is 0.314. The second kappa shape index (κ2) is 10.1. The van der Waals surface area contributed by atoms with Gasteiger partial charge in [0.2, 0.25) is 5.91 Å². The molecular weight excluding hydrogens is 491 g/mol. The fourth-order valence-corrected chi connectivity index (χ4v) is 4.69. The number of likely N-dealkylation sites (tertiary alicyclic amines) is 1. The van der Waals surface area contributed by atoms with E-state index in [0.29, 0.717) is 22.5 Å². The van der Waals surface area contributed by atoms with Crippen molar-refractivity contribution in [3.63, 3.8) is 0 Å². The van der Waals surface area contributed by atoms with Gasteiger partial charge < -0.3 is 21.1 Å². The van der Waals surface area contributed by atoms with Gasteiger partial charge in [0.05, 0.1) is 18.1 Å². The summed E-state index contributed by atoms with van der Waals surface area (Å²) in [4.78, 5) is 39.5. The fraction of sp³-hybridized carbons (Fsp3) is 0.308. The number of amides is 2. The van der Waals surface area contributed by atoms with Gasteiger partial charge in [-0.05, 0) is 43.7 Å². The number of aliphatic hydroxyl groups is 1. The van der Waals surface area contributed by atoms with Gasteiger partial charge in [-0.1, -0.05) is 12.1 Å². The van der Waals surface area contributed by atoms with Crippen LogP contribution >= 0.6 is 0 Å². The van der Waals surface area contributed by atoms with Gasteiger partial charge in [-0.3, -0.25) is 14.3 Å². The van der Waals surface area contributed by atoms with Crippen molar-refractivity contribution in [3.05, 3.63) is 66.0 Å². The lowest BCUT2D eigenvalue weighted by Gasteiger charge is -2.29. The zero-order valence-electron chi connectivity index (χ0n) is 20.9. The number of nitrogens with one attached hydrogen (secondary N) is 1. The summed E-state index contributed by atoms with van der Waals surface area (Å²) >= 11 is 0. The number of hydrogen-bond donors (Lipinski definition) is 3. The molecule has 5 rings (SSSR count). The van der Waals surface area contributed by atoms with Crippen LogP contribution < -0.4 is 11.1 Å². The monoisotopic (exact) mass is 518 g/mol. The molecule has 2 amide bonds. The second-order valence-electron chi connectivity index (χ2n) is 9.32. The van der Waals surface area contributed by atoms with Crippen LogP contribution in [0, 0.1) is 13.8 Å². The summed E-state index contributed by atoms with van der Waals surface area (Å²) in [5.74, 6) is -0.146. The number of halogens is 1. The number of hydrogen-bond acceptors (Lipinski definition) is 8. The predicted molar refractivity (Wildman–Crippen MR) is 138 cm³/mol. The summed E-state index contributed by atoms with van der Waals surface area (Å²) in [5, 5.41) is 18.4. The van der Waals surface area contributed by atoms with E-state index in [0.717, 1.165) is 16.8 Å². The molecule has 3 aromatic heterocycles. The SMILES string of the molecule is Cc1cccc(NC(O)[C@@H]2C[C@@H](F)CN2C(=O)Cn2nc(C(N)=O)c3cc(-c4cnc(C)nc4)ccc32)n1. The van der Waals surface area contributed by atoms with Crippen molar-refractivity contribution in [2.24, 2.45) is 5.73 Å². The number of rotatable bonds is 7. The fourth-order valence-electron chi connectivity index (χ4n) is 4.69. The Morgan fingerprint density at radius 1 is 1.18 bits per heavy atom. The lowest BCUT2D eigenvalue weighted by atomic mass is 10.1. The van der Waals surface area contributed by atoms with Crippen molar-refractivity contribution in [1.82, 2.24) is 29.6 Å². The minimum Gasteiger partial charge on any atom is -0.372 e. The van der Waals surface area contributed by atoms with Gasteiger partial charge in [-0.2, -0.15) is 5.10 Å². The minimum atomic E-state index is -1.29. The van der Waals surface area contributed by atoms with E-state index in [1.165, 1.54) is 9.58 Å². The van der Waals surface area contributed by atoms with Crippen LogP contribution in [0.5, 0.6) is 0 Å². The molecule has 3 atom stereocenters. The van der Waals surface area contributed by atoms with Crippen LogP contribution in [0.25, 0.3) is 22.0 Å². The van der Waals surface area contributed by atoms with Gasteiger partial charge in [0.25, 0.3) is 5.91 Å². The van der Waals surface area contributed by atoms with E-state index in [-0.39, 0.29) is 25.2 Å². The number of benzene rings is 1. The number of alkyl halides is 1. The van der Waals surface area contributed by atoms with E-state index in [1.807, 2.05) is 19.1 Å². The molecule has 4 heterocycles. The van der Waals surface area contributed by atoms with Crippen LogP contribution in [0.15, 0.2) is 48.8 Å². The number of nitrogens with two attached hydrogens (primary N) is 1. The summed E-state index contributed by atoms with van der Waals surface area (Å²) in [6, 6.07) is 9.75. The summed E-state index contributed by atoms with van der Waals surface area (Å²) < 4.78 is 15.8. The molecule has 0 radical (unpaired) electrons. The molecule has 0 bridgehead atoms. The first kappa shape index (κ1) is 25.2. The Kier molecular flexibility index (Phi) is 6.72. The first-order chi connectivity index (χ1) is 18.2. The molecule has 1 aromatic carbocycles. The Bertz CT molecular complexity index is 1510. The minimum absolute atomic E-state index is 0.0104. The Labute approximate surface area is 217 Å². The highest BCUT2D eigenvalue weighted by Gasteiger charge is 2.40. The first-order valence-corrected chi connectivity index (χ1v) is 12.1. The molecule has 12 heteroatoms. The zero-order valence-corrected chi connectivity index (χ0v) is 20.9. The molecule has 38 heavy (non-hydrogen) atoms. The number of aromatic nitrogens is 5. The number of fused-ring (bicyclic) bond motifs is 1. The molecule has 0 saturated carbocycles. The Hall–Kier alpha value is -4.45. The number of anilines is 1. The number of aliphatic hydroxyl groups excluding tert-OH is 1.